The number of rotatable bonds is 4. The van der Waals surface area contributed by atoms with E-state index in [-0.39, 0.29) is 0 Å². The first-order valence-electron chi connectivity index (χ1n) is 6.47. The fourth-order valence-corrected chi connectivity index (χ4v) is 3.15. The highest BCUT2D eigenvalue weighted by Crippen LogP contribution is 2.13. The largest absolute Gasteiger partial charge is 0.399 e. The fraction of sp³-hybridized carbons (Fsp3) is 0.538. The molecule has 1 aromatic carbocycles. The number of anilines is 1. The second-order valence-corrected chi connectivity index (χ2v) is 6.93. The standard InChI is InChI=1S/C13H21N3O2S/c1-19(17,18)16-10-8-15(9-11-16)7-6-12-4-2-3-5-13(12)14/h2-5H,6-11,14H2,1H3. The molecule has 0 saturated carbocycles. The van der Waals surface area contributed by atoms with E-state index in [0.29, 0.717) is 13.1 Å². The van der Waals surface area contributed by atoms with Crippen molar-refractivity contribution in [3.8, 4) is 0 Å². The van der Waals surface area contributed by atoms with Crippen molar-refractivity contribution in [2.45, 2.75) is 6.42 Å². The zero-order valence-corrected chi connectivity index (χ0v) is 12.1. The van der Waals surface area contributed by atoms with Crippen molar-refractivity contribution in [1.29, 1.82) is 0 Å². The topological polar surface area (TPSA) is 66.6 Å². The van der Waals surface area contributed by atoms with Crippen molar-refractivity contribution in [3.05, 3.63) is 29.8 Å². The van der Waals surface area contributed by atoms with Gasteiger partial charge in [-0.3, -0.25) is 0 Å². The third-order valence-corrected chi connectivity index (χ3v) is 4.86. The van der Waals surface area contributed by atoms with Gasteiger partial charge in [-0.05, 0) is 18.1 Å². The zero-order chi connectivity index (χ0) is 13.9. The van der Waals surface area contributed by atoms with E-state index in [1.54, 1.807) is 4.31 Å². The van der Waals surface area contributed by atoms with E-state index in [1.807, 2.05) is 24.3 Å². The molecule has 106 valence electrons. The van der Waals surface area contributed by atoms with Gasteiger partial charge in [-0.15, -0.1) is 0 Å². The molecule has 1 fully saturated rings. The smallest absolute Gasteiger partial charge is 0.211 e. The molecular weight excluding hydrogens is 262 g/mol. The van der Waals surface area contributed by atoms with Crippen LogP contribution in [-0.2, 0) is 16.4 Å². The van der Waals surface area contributed by atoms with Crippen LogP contribution in [0, 0.1) is 0 Å². The molecule has 5 nitrogen and oxygen atoms in total. The molecule has 0 bridgehead atoms. The first-order chi connectivity index (χ1) is 8.97. The molecular formula is C13H21N3O2S. The van der Waals surface area contributed by atoms with Crippen molar-refractivity contribution in [1.82, 2.24) is 9.21 Å². The molecule has 0 atom stereocenters. The van der Waals surface area contributed by atoms with Gasteiger partial charge in [0, 0.05) is 38.4 Å². The second kappa shape index (κ2) is 5.90. The molecule has 0 unspecified atom stereocenters. The summed E-state index contributed by atoms with van der Waals surface area (Å²) in [4.78, 5) is 2.29. The van der Waals surface area contributed by atoms with Gasteiger partial charge in [-0.2, -0.15) is 4.31 Å². The lowest BCUT2D eigenvalue weighted by atomic mass is 10.1. The fourth-order valence-electron chi connectivity index (χ4n) is 2.33. The third-order valence-electron chi connectivity index (χ3n) is 3.55. The quantitative estimate of drug-likeness (QED) is 0.812. The van der Waals surface area contributed by atoms with E-state index in [0.717, 1.165) is 37.3 Å². The maximum Gasteiger partial charge on any atom is 0.211 e. The Morgan fingerprint density at radius 1 is 1.16 bits per heavy atom. The molecule has 0 aromatic heterocycles. The minimum atomic E-state index is -3.04. The predicted molar refractivity (Wildman–Crippen MR) is 77.4 cm³/mol. The van der Waals surface area contributed by atoms with Crippen LogP contribution in [0.1, 0.15) is 5.56 Å². The Morgan fingerprint density at radius 3 is 2.37 bits per heavy atom. The first-order valence-corrected chi connectivity index (χ1v) is 8.32. The lowest BCUT2D eigenvalue weighted by molar-refractivity contribution is 0.191. The van der Waals surface area contributed by atoms with E-state index >= 15 is 0 Å². The van der Waals surface area contributed by atoms with Crippen molar-refractivity contribution in [3.63, 3.8) is 0 Å². The highest BCUT2D eigenvalue weighted by Gasteiger charge is 2.22. The summed E-state index contributed by atoms with van der Waals surface area (Å²) in [7, 11) is -3.04. The Kier molecular flexibility index (Phi) is 4.44. The van der Waals surface area contributed by atoms with Crippen molar-refractivity contribution < 1.29 is 8.42 Å². The van der Waals surface area contributed by atoms with Gasteiger partial charge in [-0.1, -0.05) is 18.2 Å². The number of hydrogen-bond donors (Lipinski definition) is 1. The van der Waals surface area contributed by atoms with Crippen molar-refractivity contribution in [2.24, 2.45) is 0 Å². The SMILES string of the molecule is CS(=O)(=O)N1CCN(CCc2ccccc2N)CC1. The van der Waals surface area contributed by atoms with Crippen LogP contribution in [0.25, 0.3) is 0 Å². The Labute approximate surface area is 115 Å². The van der Waals surface area contributed by atoms with Gasteiger partial charge < -0.3 is 10.6 Å². The lowest BCUT2D eigenvalue weighted by Gasteiger charge is -2.33. The molecule has 0 radical (unpaired) electrons. The van der Waals surface area contributed by atoms with Crippen molar-refractivity contribution in [2.75, 3.05) is 44.7 Å². The molecule has 1 aliphatic heterocycles. The number of hydrogen-bond acceptors (Lipinski definition) is 4. The van der Waals surface area contributed by atoms with Crippen LogP contribution in [0.5, 0.6) is 0 Å². The average molecular weight is 283 g/mol. The number of piperazine rings is 1. The summed E-state index contributed by atoms with van der Waals surface area (Å²) in [6.45, 7) is 3.68. The van der Waals surface area contributed by atoms with Crippen LogP contribution in [0.4, 0.5) is 5.69 Å². The van der Waals surface area contributed by atoms with E-state index in [1.165, 1.54) is 6.26 Å². The summed E-state index contributed by atoms with van der Waals surface area (Å²) in [6, 6.07) is 7.88. The molecule has 2 rings (SSSR count). The van der Waals surface area contributed by atoms with Gasteiger partial charge in [0.25, 0.3) is 0 Å². The normalized spacial score (nSPS) is 18.6. The van der Waals surface area contributed by atoms with E-state index in [2.05, 4.69) is 4.90 Å². The van der Waals surface area contributed by atoms with E-state index < -0.39 is 10.0 Å². The maximum atomic E-state index is 11.4. The number of para-hydroxylation sites is 1. The van der Waals surface area contributed by atoms with E-state index in [9.17, 15) is 8.42 Å². The maximum absolute atomic E-state index is 11.4. The summed E-state index contributed by atoms with van der Waals surface area (Å²) in [6.07, 6.45) is 2.18. The number of sulfonamides is 1. The number of nitrogens with zero attached hydrogens (tertiary/aromatic N) is 2. The molecule has 19 heavy (non-hydrogen) atoms. The minimum Gasteiger partial charge on any atom is -0.399 e. The molecule has 6 heteroatoms. The number of nitrogen functional groups attached to an aromatic ring is 1. The van der Waals surface area contributed by atoms with Gasteiger partial charge >= 0.3 is 0 Å². The molecule has 2 N–H and O–H groups in total. The van der Waals surface area contributed by atoms with Gasteiger partial charge in [0.05, 0.1) is 6.26 Å². The van der Waals surface area contributed by atoms with Crippen LogP contribution in [-0.4, -0.2) is 56.6 Å². The first kappa shape index (κ1) is 14.3. The Bertz CT molecular complexity index is 522. The van der Waals surface area contributed by atoms with Crippen molar-refractivity contribution >= 4 is 15.7 Å². The highest BCUT2D eigenvalue weighted by atomic mass is 32.2. The number of nitrogens with two attached hydrogens (primary N) is 1. The summed E-state index contributed by atoms with van der Waals surface area (Å²) >= 11 is 0. The zero-order valence-electron chi connectivity index (χ0n) is 11.2. The lowest BCUT2D eigenvalue weighted by Crippen LogP contribution is -2.48. The summed E-state index contributed by atoms with van der Waals surface area (Å²) in [5.74, 6) is 0. The van der Waals surface area contributed by atoms with Crippen LogP contribution < -0.4 is 5.73 Å². The molecule has 1 aliphatic rings. The number of benzene rings is 1. The monoisotopic (exact) mass is 283 g/mol. The summed E-state index contributed by atoms with van der Waals surface area (Å²) in [5.41, 5.74) is 7.90. The average Bonchev–Trinajstić information content (AvgIpc) is 2.37. The van der Waals surface area contributed by atoms with Crippen LogP contribution >= 0.6 is 0 Å². The third kappa shape index (κ3) is 3.92. The molecule has 0 aliphatic carbocycles. The Balaban J connectivity index is 1.82. The molecule has 0 spiro atoms. The summed E-state index contributed by atoms with van der Waals surface area (Å²) < 4.78 is 24.4. The molecule has 0 amide bonds. The Morgan fingerprint density at radius 2 is 1.79 bits per heavy atom. The predicted octanol–water partition coefficient (Wildman–Crippen LogP) is 0.389. The van der Waals surface area contributed by atoms with Crippen LogP contribution in [0.15, 0.2) is 24.3 Å². The van der Waals surface area contributed by atoms with Crippen LogP contribution in [0.2, 0.25) is 0 Å². The van der Waals surface area contributed by atoms with Gasteiger partial charge in [0.15, 0.2) is 0 Å². The molecule has 1 saturated heterocycles. The molecule has 1 aromatic rings. The molecule has 1 heterocycles. The minimum absolute atomic E-state index is 0.586. The van der Waals surface area contributed by atoms with Gasteiger partial charge in [-0.25, -0.2) is 8.42 Å². The van der Waals surface area contributed by atoms with Gasteiger partial charge in [0.1, 0.15) is 0 Å². The van der Waals surface area contributed by atoms with Gasteiger partial charge in [0.2, 0.25) is 10.0 Å². The Hall–Kier alpha value is -1.11. The summed E-state index contributed by atoms with van der Waals surface area (Å²) in [5, 5.41) is 0. The highest BCUT2D eigenvalue weighted by molar-refractivity contribution is 7.88. The second-order valence-electron chi connectivity index (χ2n) is 4.95. The van der Waals surface area contributed by atoms with E-state index in [4.69, 9.17) is 5.73 Å². The van der Waals surface area contributed by atoms with Crippen LogP contribution in [0.3, 0.4) is 0 Å².